The van der Waals surface area contributed by atoms with Crippen LogP contribution in [0.25, 0.3) is 0 Å². The van der Waals surface area contributed by atoms with E-state index in [9.17, 15) is 0 Å². The molecule has 0 amide bonds. The molecule has 1 aromatic rings. The van der Waals surface area contributed by atoms with Crippen LogP contribution in [0, 0.1) is 6.92 Å². The molecule has 0 atom stereocenters. The van der Waals surface area contributed by atoms with Gasteiger partial charge in [0, 0.05) is 0 Å². The van der Waals surface area contributed by atoms with Crippen molar-refractivity contribution >= 4 is 0 Å². The minimum Gasteiger partial charge on any atom is -0.465 e. The highest BCUT2D eigenvalue weighted by atomic mass is 16.5. The summed E-state index contributed by atoms with van der Waals surface area (Å²) < 4.78 is 5.54. The molecule has 0 unspecified atom stereocenters. The Labute approximate surface area is 90.4 Å². The molecular weight excluding hydrogens is 184 g/mol. The van der Waals surface area contributed by atoms with Gasteiger partial charge in [0.25, 0.3) is 0 Å². The van der Waals surface area contributed by atoms with Crippen molar-refractivity contribution in [2.45, 2.75) is 6.42 Å². The van der Waals surface area contributed by atoms with Gasteiger partial charge in [0.2, 0.25) is 0 Å². The highest BCUT2D eigenvalue weighted by molar-refractivity contribution is 5.40. The number of benzene rings is 1. The second-order valence-electron chi connectivity index (χ2n) is 3.40. The minimum absolute atomic E-state index is 0.854. The van der Waals surface area contributed by atoms with Crippen LogP contribution in [0.2, 0.25) is 0 Å². The molecule has 0 saturated heterocycles. The lowest BCUT2D eigenvalue weighted by molar-refractivity contribution is 0.475. The number of rotatable bonds is 2. The van der Waals surface area contributed by atoms with Crippen molar-refractivity contribution in [2.24, 2.45) is 0 Å². The van der Waals surface area contributed by atoms with E-state index in [1.165, 1.54) is 0 Å². The summed E-state index contributed by atoms with van der Waals surface area (Å²) in [5.74, 6) is 0.854. The van der Waals surface area contributed by atoms with Gasteiger partial charge in [-0.05, 0) is 36.6 Å². The molecule has 1 heteroatoms. The molecule has 0 N–H and O–H groups in total. The van der Waals surface area contributed by atoms with Crippen molar-refractivity contribution in [2.75, 3.05) is 0 Å². The van der Waals surface area contributed by atoms with Crippen LogP contribution in [0.5, 0.6) is 5.75 Å². The molecule has 0 fully saturated rings. The van der Waals surface area contributed by atoms with Crippen molar-refractivity contribution in [1.82, 2.24) is 0 Å². The Morgan fingerprint density at radius 3 is 2.73 bits per heavy atom. The second kappa shape index (κ2) is 4.65. The van der Waals surface area contributed by atoms with Crippen LogP contribution in [0.15, 0.2) is 66.0 Å². The zero-order valence-electron chi connectivity index (χ0n) is 8.52. The van der Waals surface area contributed by atoms with Gasteiger partial charge in [0.1, 0.15) is 5.75 Å². The Balaban J connectivity index is 2.06. The molecule has 0 bridgehead atoms. The lowest BCUT2D eigenvalue weighted by atomic mass is 10.0. The Kier molecular flexibility index (Phi) is 3.03. The molecule has 1 radical (unpaired) electrons. The van der Waals surface area contributed by atoms with Crippen molar-refractivity contribution in [3.05, 3.63) is 72.9 Å². The van der Waals surface area contributed by atoms with Crippen LogP contribution in [0.1, 0.15) is 6.42 Å². The van der Waals surface area contributed by atoms with Gasteiger partial charge in [-0.15, -0.1) is 0 Å². The van der Waals surface area contributed by atoms with Gasteiger partial charge < -0.3 is 4.74 Å². The summed E-state index contributed by atoms with van der Waals surface area (Å²) >= 11 is 0. The molecule has 0 heterocycles. The van der Waals surface area contributed by atoms with E-state index in [2.05, 4.69) is 13.0 Å². The maximum atomic E-state index is 5.54. The van der Waals surface area contributed by atoms with Crippen molar-refractivity contribution in [3.8, 4) is 5.75 Å². The summed E-state index contributed by atoms with van der Waals surface area (Å²) in [5.41, 5.74) is 2.15. The average Bonchev–Trinajstić information content (AvgIpc) is 2.29. The van der Waals surface area contributed by atoms with Crippen LogP contribution in [-0.4, -0.2) is 0 Å². The average molecular weight is 197 g/mol. The second-order valence-corrected chi connectivity index (χ2v) is 3.40. The lowest BCUT2D eigenvalue weighted by Gasteiger charge is -2.09. The van der Waals surface area contributed by atoms with E-state index >= 15 is 0 Å². The summed E-state index contributed by atoms with van der Waals surface area (Å²) in [6.45, 7) is 3.95. The maximum Gasteiger partial charge on any atom is 0.126 e. The van der Waals surface area contributed by atoms with Gasteiger partial charge in [-0.25, -0.2) is 0 Å². The van der Waals surface area contributed by atoms with Crippen LogP contribution < -0.4 is 4.74 Å². The first kappa shape index (κ1) is 9.78. The molecule has 1 aliphatic carbocycles. The lowest BCUT2D eigenvalue weighted by Crippen LogP contribution is -1.92. The molecule has 15 heavy (non-hydrogen) atoms. The summed E-state index contributed by atoms with van der Waals surface area (Å²) in [6, 6.07) is 9.74. The normalized spacial score (nSPS) is 17.7. The highest BCUT2D eigenvalue weighted by Gasteiger charge is 2.01. The Bertz CT molecular complexity index is 410. The molecule has 1 aromatic carbocycles. The van der Waals surface area contributed by atoms with Gasteiger partial charge in [0.15, 0.2) is 0 Å². The SMILES string of the molecule is [CH2]C1=CC=CCC1=COc1ccccc1. The third-order valence-electron chi connectivity index (χ3n) is 2.26. The number of ether oxygens (including phenoxy) is 1. The van der Waals surface area contributed by atoms with Crippen molar-refractivity contribution in [3.63, 3.8) is 0 Å². The third kappa shape index (κ3) is 2.59. The van der Waals surface area contributed by atoms with Crippen LogP contribution in [0.3, 0.4) is 0 Å². The van der Waals surface area contributed by atoms with Gasteiger partial charge in [-0.2, -0.15) is 0 Å². The largest absolute Gasteiger partial charge is 0.465 e. The molecule has 2 rings (SSSR count). The quantitative estimate of drug-likeness (QED) is 0.657. The van der Waals surface area contributed by atoms with E-state index in [0.717, 1.165) is 23.3 Å². The fraction of sp³-hybridized carbons (Fsp3) is 0.0714. The third-order valence-corrected chi connectivity index (χ3v) is 2.26. The zero-order valence-corrected chi connectivity index (χ0v) is 8.52. The van der Waals surface area contributed by atoms with Gasteiger partial charge in [0.05, 0.1) is 6.26 Å². The standard InChI is InChI=1S/C14H13O/c1-12-7-5-6-8-13(12)11-15-14-9-3-2-4-10-14/h2-7,9-11H,1,8H2. The summed E-state index contributed by atoms with van der Waals surface area (Å²) in [6.07, 6.45) is 8.76. The van der Waals surface area contributed by atoms with E-state index in [1.54, 1.807) is 6.26 Å². The topological polar surface area (TPSA) is 9.23 Å². The first-order chi connectivity index (χ1) is 7.36. The highest BCUT2D eigenvalue weighted by Crippen LogP contribution is 2.19. The zero-order chi connectivity index (χ0) is 10.5. The van der Waals surface area contributed by atoms with Gasteiger partial charge in [-0.3, -0.25) is 0 Å². The summed E-state index contributed by atoms with van der Waals surface area (Å²) in [5, 5.41) is 0. The van der Waals surface area contributed by atoms with E-state index in [0.29, 0.717) is 0 Å². The Morgan fingerprint density at radius 2 is 2.00 bits per heavy atom. The van der Waals surface area contributed by atoms with E-state index in [-0.39, 0.29) is 0 Å². The maximum absolute atomic E-state index is 5.54. The van der Waals surface area contributed by atoms with Crippen molar-refractivity contribution < 1.29 is 4.74 Å². The van der Waals surface area contributed by atoms with Crippen LogP contribution >= 0.6 is 0 Å². The van der Waals surface area contributed by atoms with Gasteiger partial charge in [-0.1, -0.05) is 36.4 Å². The van der Waals surface area contributed by atoms with E-state index < -0.39 is 0 Å². The van der Waals surface area contributed by atoms with E-state index in [1.807, 2.05) is 42.5 Å². The van der Waals surface area contributed by atoms with Crippen molar-refractivity contribution in [1.29, 1.82) is 0 Å². The molecule has 0 aromatic heterocycles. The first-order valence-electron chi connectivity index (χ1n) is 4.96. The van der Waals surface area contributed by atoms with Gasteiger partial charge >= 0.3 is 0 Å². The summed E-state index contributed by atoms with van der Waals surface area (Å²) in [7, 11) is 0. The van der Waals surface area contributed by atoms with Crippen LogP contribution in [0.4, 0.5) is 0 Å². The first-order valence-corrected chi connectivity index (χ1v) is 4.96. The Hall–Kier alpha value is -1.76. The number of hydrogen-bond acceptors (Lipinski definition) is 1. The molecule has 1 nitrogen and oxygen atoms in total. The number of hydrogen-bond donors (Lipinski definition) is 0. The number of para-hydroxylation sites is 1. The molecule has 0 saturated carbocycles. The molecular formula is C14H13O. The molecule has 0 aliphatic heterocycles. The fourth-order valence-corrected chi connectivity index (χ4v) is 1.38. The predicted molar refractivity (Wildman–Crippen MR) is 62.4 cm³/mol. The number of allylic oxidation sites excluding steroid dienone is 5. The minimum atomic E-state index is 0.854. The smallest absolute Gasteiger partial charge is 0.126 e. The molecule has 75 valence electrons. The predicted octanol–water partition coefficient (Wildman–Crippen LogP) is 3.67. The summed E-state index contributed by atoms with van der Waals surface area (Å²) in [4.78, 5) is 0. The van der Waals surface area contributed by atoms with Crippen LogP contribution in [-0.2, 0) is 0 Å². The fourth-order valence-electron chi connectivity index (χ4n) is 1.38. The van der Waals surface area contributed by atoms with E-state index in [4.69, 9.17) is 4.74 Å². The Morgan fingerprint density at radius 1 is 1.20 bits per heavy atom. The molecule has 1 aliphatic rings. The molecule has 0 spiro atoms. The monoisotopic (exact) mass is 197 g/mol.